The van der Waals surface area contributed by atoms with Crippen molar-refractivity contribution in [3.05, 3.63) is 31.7 Å². The number of hydrogen-bond acceptors (Lipinski definition) is 6. The highest BCUT2D eigenvalue weighted by molar-refractivity contribution is 9.11. The molecule has 2 aromatic heterocycles. The van der Waals surface area contributed by atoms with Gasteiger partial charge in [0, 0.05) is 0 Å². The molecule has 0 radical (unpaired) electrons. The van der Waals surface area contributed by atoms with Crippen LogP contribution in [0.2, 0.25) is 0 Å². The Kier molecular flexibility index (Phi) is 4.37. The van der Waals surface area contributed by atoms with E-state index in [1.807, 2.05) is 0 Å². The zero-order valence-corrected chi connectivity index (χ0v) is 14.0. The summed E-state index contributed by atoms with van der Waals surface area (Å²) in [6.45, 7) is 0. The number of primary amides is 1. The van der Waals surface area contributed by atoms with Crippen LogP contribution in [0, 0.1) is 0 Å². The van der Waals surface area contributed by atoms with Gasteiger partial charge in [-0.25, -0.2) is 13.2 Å². The Morgan fingerprint density at radius 2 is 2.05 bits per heavy atom. The van der Waals surface area contributed by atoms with Gasteiger partial charge < -0.3 is 10.8 Å². The van der Waals surface area contributed by atoms with Crippen molar-refractivity contribution in [2.75, 3.05) is 4.72 Å². The minimum atomic E-state index is -4.03. The lowest BCUT2D eigenvalue weighted by Crippen LogP contribution is -2.16. The van der Waals surface area contributed by atoms with Crippen molar-refractivity contribution < 1.29 is 23.1 Å². The molecule has 0 aliphatic rings. The molecular weight excluding hydrogens is 404 g/mol. The number of carbonyl (C=O) groups is 2. The number of hydrogen-bond donors (Lipinski definition) is 3. The molecule has 2 heterocycles. The predicted octanol–water partition coefficient (Wildman–Crippen LogP) is 2.17. The summed E-state index contributed by atoms with van der Waals surface area (Å²) in [4.78, 5) is 21.7. The molecule has 1 amide bonds. The standard InChI is InChI=1S/C10H7BrN2O5S3/c11-7-6(3-5(20-7)10(15)16)21(17,18)13-9-4(8(12)14)1-2-19-9/h1-3,13H,(H2,12,14)(H,15,16). The molecule has 112 valence electrons. The van der Waals surface area contributed by atoms with Crippen molar-refractivity contribution in [1.82, 2.24) is 0 Å². The van der Waals surface area contributed by atoms with Gasteiger partial charge in [-0.05, 0) is 33.4 Å². The molecule has 0 aromatic carbocycles. The van der Waals surface area contributed by atoms with Crippen molar-refractivity contribution in [2.45, 2.75) is 4.90 Å². The molecule has 0 spiro atoms. The van der Waals surface area contributed by atoms with Crippen molar-refractivity contribution in [1.29, 1.82) is 0 Å². The third kappa shape index (κ3) is 3.26. The molecule has 0 atom stereocenters. The van der Waals surface area contributed by atoms with E-state index < -0.39 is 21.9 Å². The Bertz CT molecular complexity index is 824. The fourth-order valence-corrected chi connectivity index (χ4v) is 5.93. The number of aromatic carboxylic acids is 1. The molecule has 7 nitrogen and oxygen atoms in total. The van der Waals surface area contributed by atoms with Crippen LogP contribution in [0.25, 0.3) is 0 Å². The highest BCUT2D eigenvalue weighted by Crippen LogP contribution is 2.34. The summed E-state index contributed by atoms with van der Waals surface area (Å²) in [5.41, 5.74) is 5.19. The summed E-state index contributed by atoms with van der Waals surface area (Å²) in [6.07, 6.45) is 0. The topological polar surface area (TPSA) is 127 Å². The highest BCUT2D eigenvalue weighted by atomic mass is 79.9. The van der Waals surface area contributed by atoms with Gasteiger partial charge in [0.25, 0.3) is 15.9 Å². The summed E-state index contributed by atoms with van der Waals surface area (Å²) in [5.74, 6) is -1.99. The molecule has 11 heteroatoms. The normalized spacial score (nSPS) is 11.3. The fourth-order valence-electron chi connectivity index (χ4n) is 1.40. The summed E-state index contributed by atoms with van der Waals surface area (Å²) < 4.78 is 26.9. The Hall–Kier alpha value is -1.43. The number of carbonyl (C=O) groups excluding carboxylic acids is 1. The van der Waals surface area contributed by atoms with Crippen LogP contribution in [0.3, 0.4) is 0 Å². The van der Waals surface area contributed by atoms with Gasteiger partial charge in [-0.3, -0.25) is 9.52 Å². The van der Waals surface area contributed by atoms with Gasteiger partial charge in [0.05, 0.1) is 9.35 Å². The molecule has 0 bridgehead atoms. The van der Waals surface area contributed by atoms with Crippen LogP contribution in [0.15, 0.2) is 26.2 Å². The number of anilines is 1. The number of thiophene rings is 2. The first-order chi connectivity index (χ1) is 9.72. The highest BCUT2D eigenvalue weighted by Gasteiger charge is 2.25. The molecule has 21 heavy (non-hydrogen) atoms. The summed E-state index contributed by atoms with van der Waals surface area (Å²) in [6, 6.07) is 2.44. The van der Waals surface area contributed by atoms with Gasteiger partial charge >= 0.3 is 5.97 Å². The lowest BCUT2D eigenvalue weighted by Gasteiger charge is -2.06. The minimum absolute atomic E-state index is 0.0494. The predicted molar refractivity (Wildman–Crippen MR) is 82.6 cm³/mol. The molecule has 0 aliphatic heterocycles. The van der Waals surface area contributed by atoms with Gasteiger partial charge in [0.2, 0.25) is 0 Å². The molecule has 2 rings (SSSR count). The van der Waals surface area contributed by atoms with Gasteiger partial charge in [-0.15, -0.1) is 22.7 Å². The molecule has 0 unspecified atom stereocenters. The maximum absolute atomic E-state index is 12.3. The second-order valence-electron chi connectivity index (χ2n) is 3.69. The lowest BCUT2D eigenvalue weighted by molar-refractivity contribution is 0.0701. The first-order valence-corrected chi connectivity index (χ1v) is 9.12. The van der Waals surface area contributed by atoms with Gasteiger partial charge in [0.15, 0.2) is 0 Å². The Morgan fingerprint density at radius 1 is 1.38 bits per heavy atom. The molecule has 4 N–H and O–H groups in total. The smallest absolute Gasteiger partial charge is 0.345 e. The number of nitrogens with one attached hydrogen (secondary N) is 1. The van der Waals surface area contributed by atoms with E-state index >= 15 is 0 Å². The lowest BCUT2D eigenvalue weighted by atomic mass is 10.3. The Morgan fingerprint density at radius 3 is 2.57 bits per heavy atom. The average Bonchev–Trinajstić information content (AvgIpc) is 2.95. The van der Waals surface area contributed by atoms with Crippen LogP contribution < -0.4 is 10.5 Å². The van der Waals surface area contributed by atoms with E-state index in [1.54, 1.807) is 0 Å². The minimum Gasteiger partial charge on any atom is -0.477 e. The molecular formula is C10H7BrN2O5S3. The number of amides is 1. The SMILES string of the molecule is NC(=O)c1ccsc1NS(=O)(=O)c1cc(C(=O)O)sc1Br. The number of halogens is 1. The molecule has 0 saturated carbocycles. The second-order valence-corrected chi connectivity index (χ2v) is 8.62. The van der Waals surface area contributed by atoms with Crippen LogP contribution >= 0.6 is 38.6 Å². The average molecular weight is 411 g/mol. The van der Waals surface area contributed by atoms with Gasteiger partial charge in [-0.2, -0.15) is 0 Å². The zero-order chi connectivity index (χ0) is 15.8. The van der Waals surface area contributed by atoms with Crippen LogP contribution in [-0.4, -0.2) is 25.4 Å². The molecule has 0 saturated heterocycles. The Labute approximate surface area is 135 Å². The molecule has 0 aliphatic carbocycles. The van der Waals surface area contributed by atoms with Crippen molar-refractivity contribution in [2.24, 2.45) is 5.73 Å². The third-order valence-corrected chi connectivity index (χ3v) is 6.86. The van der Waals surface area contributed by atoms with Gasteiger partial charge in [0.1, 0.15) is 14.8 Å². The molecule has 2 aromatic rings. The summed E-state index contributed by atoms with van der Waals surface area (Å²) in [5, 5.41) is 10.5. The quantitative estimate of drug-likeness (QED) is 0.695. The van der Waals surface area contributed by atoms with Crippen LogP contribution in [0.4, 0.5) is 5.00 Å². The van der Waals surface area contributed by atoms with Crippen LogP contribution in [0.5, 0.6) is 0 Å². The van der Waals surface area contributed by atoms with E-state index in [2.05, 4.69) is 20.7 Å². The largest absolute Gasteiger partial charge is 0.477 e. The van der Waals surface area contributed by atoms with E-state index in [4.69, 9.17) is 10.8 Å². The maximum atomic E-state index is 12.3. The number of rotatable bonds is 5. The van der Waals surface area contributed by atoms with Gasteiger partial charge in [-0.1, -0.05) is 0 Å². The first-order valence-electron chi connectivity index (χ1n) is 5.15. The van der Waals surface area contributed by atoms with E-state index in [0.717, 1.165) is 28.7 Å². The maximum Gasteiger partial charge on any atom is 0.345 e. The Balaban J connectivity index is 2.41. The van der Waals surface area contributed by atoms with E-state index in [0.29, 0.717) is 0 Å². The van der Waals surface area contributed by atoms with Crippen LogP contribution in [-0.2, 0) is 10.0 Å². The number of carboxylic acids is 1. The van der Waals surface area contributed by atoms with Crippen molar-refractivity contribution >= 4 is 65.5 Å². The zero-order valence-electron chi connectivity index (χ0n) is 9.99. The number of carboxylic acid groups (broad SMARTS) is 1. The van der Waals surface area contributed by atoms with E-state index in [1.165, 1.54) is 11.4 Å². The van der Waals surface area contributed by atoms with E-state index in [9.17, 15) is 18.0 Å². The monoisotopic (exact) mass is 410 g/mol. The number of sulfonamides is 1. The third-order valence-electron chi connectivity index (χ3n) is 2.31. The van der Waals surface area contributed by atoms with Crippen LogP contribution in [0.1, 0.15) is 20.0 Å². The summed E-state index contributed by atoms with van der Waals surface area (Å²) in [7, 11) is -4.03. The van der Waals surface area contributed by atoms with E-state index in [-0.39, 0.29) is 24.1 Å². The van der Waals surface area contributed by atoms with Crippen molar-refractivity contribution in [3.63, 3.8) is 0 Å². The molecule has 0 fully saturated rings. The fraction of sp³-hybridized carbons (Fsp3) is 0. The first kappa shape index (κ1) is 15.9. The van der Waals surface area contributed by atoms with Crippen molar-refractivity contribution in [3.8, 4) is 0 Å². The second kappa shape index (κ2) is 5.75. The number of nitrogens with two attached hydrogens (primary N) is 1. The summed E-state index contributed by atoms with van der Waals surface area (Å²) >= 11 is 4.80.